The van der Waals surface area contributed by atoms with Gasteiger partial charge < -0.3 is 21.1 Å². The van der Waals surface area contributed by atoms with E-state index in [0.29, 0.717) is 12.5 Å². The van der Waals surface area contributed by atoms with E-state index >= 15 is 0 Å². The quantitative estimate of drug-likeness (QED) is 0.308. The predicted octanol–water partition coefficient (Wildman–Crippen LogP) is 2.52. The molecule has 1 aromatic carbocycles. The first kappa shape index (κ1) is 22.7. The fraction of sp³-hybridized carbons (Fsp3) is 0.682. The van der Waals surface area contributed by atoms with Crippen LogP contribution in [0.5, 0.6) is 0 Å². The molecule has 0 amide bonds. The van der Waals surface area contributed by atoms with Crippen LogP contribution in [0.15, 0.2) is 35.3 Å². The molecule has 1 atom stereocenters. The number of hydrogen-bond donors (Lipinski definition) is 3. The number of hydrogen-bond acceptors (Lipinski definition) is 4. The van der Waals surface area contributed by atoms with Crippen molar-refractivity contribution >= 4 is 5.96 Å². The van der Waals surface area contributed by atoms with Crippen molar-refractivity contribution in [1.82, 2.24) is 15.5 Å². The summed E-state index contributed by atoms with van der Waals surface area (Å²) in [5.74, 6) is 0.544. The second-order valence-electron chi connectivity index (χ2n) is 7.70. The molecule has 0 spiro atoms. The van der Waals surface area contributed by atoms with E-state index in [9.17, 15) is 0 Å². The van der Waals surface area contributed by atoms with Crippen LogP contribution in [0.4, 0.5) is 0 Å². The number of nitrogens with one attached hydrogen (secondary N) is 2. The minimum absolute atomic E-state index is 0.0463. The number of morpholine rings is 1. The smallest absolute Gasteiger partial charge is 0.188 e. The first-order valence-electron chi connectivity index (χ1n) is 10.7. The zero-order valence-corrected chi connectivity index (χ0v) is 17.9. The molecule has 158 valence electrons. The van der Waals surface area contributed by atoms with Gasteiger partial charge in [0.15, 0.2) is 5.96 Å². The standard InChI is InChI=1S/C22H39N5O/c1-4-22(5-2,26-19(3)20-10-7-6-8-11-20)18-25-21(23)24-12-9-13-27-14-16-28-17-15-27/h6-8,10-11,19,26H,4-5,9,12-18H2,1-3H3,(H3,23,24,25). The van der Waals surface area contributed by atoms with Crippen molar-refractivity contribution in [2.45, 2.75) is 51.6 Å². The first-order valence-corrected chi connectivity index (χ1v) is 10.7. The van der Waals surface area contributed by atoms with Gasteiger partial charge in [-0.2, -0.15) is 0 Å². The summed E-state index contributed by atoms with van der Waals surface area (Å²) >= 11 is 0. The lowest BCUT2D eigenvalue weighted by Crippen LogP contribution is -2.49. The highest BCUT2D eigenvalue weighted by Gasteiger charge is 2.27. The number of guanidine groups is 1. The van der Waals surface area contributed by atoms with E-state index in [1.807, 2.05) is 0 Å². The van der Waals surface area contributed by atoms with Crippen LogP contribution >= 0.6 is 0 Å². The van der Waals surface area contributed by atoms with Gasteiger partial charge in [-0.25, -0.2) is 0 Å². The molecule has 6 nitrogen and oxygen atoms in total. The Labute approximate surface area is 170 Å². The summed E-state index contributed by atoms with van der Waals surface area (Å²) < 4.78 is 5.38. The number of aliphatic imine (C=N–C) groups is 1. The van der Waals surface area contributed by atoms with Gasteiger partial charge in [0.1, 0.15) is 0 Å². The molecule has 6 heteroatoms. The molecule has 0 aromatic heterocycles. The van der Waals surface area contributed by atoms with Gasteiger partial charge in [0.25, 0.3) is 0 Å². The summed E-state index contributed by atoms with van der Waals surface area (Å²) in [7, 11) is 0. The summed E-state index contributed by atoms with van der Waals surface area (Å²) in [6, 6.07) is 10.8. The monoisotopic (exact) mass is 389 g/mol. The molecule has 0 radical (unpaired) electrons. The van der Waals surface area contributed by atoms with Crippen LogP contribution in [0.2, 0.25) is 0 Å². The normalized spacial score (nSPS) is 17.5. The summed E-state index contributed by atoms with van der Waals surface area (Å²) in [5, 5.41) is 7.07. The molecule has 0 saturated carbocycles. The van der Waals surface area contributed by atoms with E-state index < -0.39 is 0 Å². The van der Waals surface area contributed by atoms with Crippen LogP contribution < -0.4 is 16.4 Å². The maximum Gasteiger partial charge on any atom is 0.188 e. The highest BCUT2D eigenvalue weighted by Crippen LogP contribution is 2.22. The molecule has 1 saturated heterocycles. The molecule has 1 fully saturated rings. The van der Waals surface area contributed by atoms with Crippen molar-refractivity contribution in [3.8, 4) is 0 Å². The molecule has 0 bridgehead atoms. The van der Waals surface area contributed by atoms with Crippen molar-refractivity contribution in [1.29, 1.82) is 0 Å². The van der Waals surface area contributed by atoms with Gasteiger partial charge in [0, 0.05) is 31.2 Å². The van der Waals surface area contributed by atoms with Gasteiger partial charge in [-0.05, 0) is 38.3 Å². The lowest BCUT2D eigenvalue weighted by Gasteiger charge is -2.35. The molecule has 1 heterocycles. The van der Waals surface area contributed by atoms with Gasteiger partial charge in [-0.1, -0.05) is 44.2 Å². The van der Waals surface area contributed by atoms with E-state index in [-0.39, 0.29) is 11.6 Å². The van der Waals surface area contributed by atoms with Crippen molar-refractivity contribution in [3.63, 3.8) is 0 Å². The maximum atomic E-state index is 6.13. The zero-order valence-electron chi connectivity index (χ0n) is 17.9. The Kier molecular flexibility index (Phi) is 9.75. The molecule has 1 unspecified atom stereocenters. The minimum atomic E-state index is -0.0463. The zero-order chi connectivity index (χ0) is 20.2. The molecule has 28 heavy (non-hydrogen) atoms. The molecule has 2 rings (SSSR count). The molecule has 0 aliphatic carbocycles. The van der Waals surface area contributed by atoms with E-state index in [1.54, 1.807) is 0 Å². The summed E-state index contributed by atoms with van der Waals surface area (Å²) in [6.45, 7) is 13.0. The van der Waals surface area contributed by atoms with E-state index in [0.717, 1.165) is 58.7 Å². The first-order chi connectivity index (χ1) is 13.6. The van der Waals surface area contributed by atoms with Crippen molar-refractivity contribution < 1.29 is 4.74 Å². The Morgan fingerprint density at radius 1 is 1.21 bits per heavy atom. The third-order valence-corrected chi connectivity index (χ3v) is 5.79. The Morgan fingerprint density at radius 3 is 2.54 bits per heavy atom. The predicted molar refractivity (Wildman–Crippen MR) is 118 cm³/mol. The molecule has 4 N–H and O–H groups in total. The van der Waals surface area contributed by atoms with Crippen LogP contribution in [-0.2, 0) is 4.74 Å². The maximum absolute atomic E-state index is 6.13. The van der Waals surface area contributed by atoms with E-state index in [1.165, 1.54) is 5.56 Å². The van der Waals surface area contributed by atoms with Crippen LogP contribution in [0.3, 0.4) is 0 Å². The lowest BCUT2D eigenvalue weighted by molar-refractivity contribution is 0.0376. The SMILES string of the molecule is CCC(CC)(CN=C(N)NCCCN1CCOCC1)NC(C)c1ccccc1. The summed E-state index contributed by atoms with van der Waals surface area (Å²) in [5.41, 5.74) is 7.38. The molecule has 1 aliphatic heterocycles. The Bertz CT molecular complexity index is 568. The third kappa shape index (κ3) is 7.41. The average Bonchev–Trinajstić information content (AvgIpc) is 2.75. The largest absolute Gasteiger partial charge is 0.379 e. The fourth-order valence-electron chi connectivity index (χ4n) is 3.64. The molecular formula is C22H39N5O. The molecule has 1 aromatic rings. The second-order valence-corrected chi connectivity index (χ2v) is 7.70. The fourth-order valence-corrected chi connectivity index (χ4v) is 3.64. The molecule has 1 aliphatic rings. The van der Waals surface area contributed by atoms with Crippen molar-refractivity contribution in [3.05, 3.63) is 35.9 Å². The van der Waals surface area contributed by atoms with Crippen LogP contribution in [0.25, 0.3) is 0 Å². The molecular weight excluding hydrogens is 350 g/mol. The Balaban J connectivity index is 1.79. The van der Waals surface area contributed by atoms with Gasteiger partial charge >= 0.3 is 0 Å². The van der Waals surface area contributed by atoms with E-state index in [2.05, 4.69) is 71.6 Å². The van der Waals surface area contributed by atoms with Gasteiger partial charge in [-0.15, -0.1) is 0 Å². The van der Waals surface area contributed by atoms with Crippen molar-refractivity contribution in [2.75, 3.05) is 45.9 Å². The van der Waals surface area contributed by atoms with Gasteiger partial charge in [0.2, 0.25) is 0 Å². The second kappa shape index (κ2) is 12.0. The third-order valence-electron chi connectivity index (χ3n) is 5.79. The highest BCUT2D eigenvalue weighted by molar-refractivity contribution is 5.77. The minimum Gasteiger partial charge on any atom is -0.379 e. The summed E-state index contributed by atoms with van der Waals surface area (Å²) in [4.78, 5) is 7.09. The lowest BCUT2D eigenvalue weighted by atomic mass is 9.91. The van der Waals surface area contributed by atoms with Crippen LogP contribution in [0.1, 0.15) is 51.6 Å². The van der Waals surface area contributed by atoms with Crippen LogP contribution in [0, 0.1) is 0 Å². The number of rotatable bonds is 11. The number of ether oxygens (including phenoxy) is 1. The van der Waals surface area contributed by atoms with Crippen molar-refractivity contribution in [2.24, 2.45) is 10.7 Å². The summed E-state index contributed by atoms with van der Waals surface area (Å²) in [6.07, 6.45) is 3.08. The number of benzene rings is 1. The number of nitrogens with two attached hydrogens (primary N) is 1. The average molecular weight is 390 g/mol. The Hall–Kier alpha value is -1.63. The topological polar surface area (TPSA) is 74.9 Å². The van der Waals surface area contributed by atoms with Crippen LogP contribution in [-0.4, -0.2) is 62.3 Å². The van der Waals surface area contributed by atoms with Gasteiger partial charge in [0.05, 0.1) is 19.8 Å². The van der Waals surface area contributed by atoms with E-state index in [4.69, 9.17) is 10.5 Å². The number of nitrogens with zero attached hydrogens (tertiary/aromatic N) is 2. The highest BCUT2D eigenvalue weighted by atomic mass is 16.5. The van der Waals surface area contributed by atoms with Gasteiger partial charge in [-0.3, -0.25) is 9.89 Å². The Morgan fingerprint density at radius 2 is 1.89 bits per heavy atom.